The summed E-state index contributed by atoms with van der Waals surface area (Å²) in [5, 5.41) is 7.86. The van der Waals surface area contributed by atoms with Crippen molar-refractivity contribution in [3.8, 4) is 0 Å². The van der Waals surface area contributed by atoms with E-state index in [9.17, 15) is 4.79 Å². The molecule has 94 valence electrons. The first-order chi connectivity index (χ1) is 8.69. The van der Waals surface area contributed by atoms with Crippen molar-refractivity contribution in [2.24, 2.45) is 0 Å². The molecule has 0 aliphatic rings. The van der Waals surface area contributed by atoms with Gasteiger partial charge in [-0.05, 0) is 53.4 Å². The molecule has 1 heterocycles. The Labute approximate surface area is 124 Å². The van der Waals surface area contributed by atoms with E-state index in [1.807, 2.05) is 42.8 Å². The van der Waals surface area contributed by atoms with E-state index < -0.39 is 0 Å². The lowest BCUT2D eigenvalue weighted by Crippen LogP contribution is -2.11. The summed E-state index contributed by atoms with van der Waals surface area (Å²) in [6.45, 7) is 0.792. The Morgan fingerprint density at radius 1 is 1.39 bits per heavy atom. The molecule has 1 aromatic heterocycles. The second-order valence-electron chi connectivity index (χ2n) is 3.82. The molecular weight excluding hydrogens is 359 g/mol. The van der Waals surface area contributed by atoms with E-state index in [0.29, 0.717) is 5.56 Å². The number of halogens is 1. The third-order valence-electron chi connectivity index (χ3n) is 2.40. The van der Waals surface area contributed by atoms with Crippen molar-refractivity contribution >= 4 is 45.5 Å². The summed E-state index contributed by atoms with van der Waals surface area (Å²) in [7, 11) is 1.90. The fourth-order valence-corrected chi connectivity index (χ4v) is 2.92. The molecule has 0 saturated heterocycles. The number of hydrogen-bond donors (Lipinski definition) is 2. The fraction of sp³-hybridized carbons (Fsp3) is 0.154. The van der Waals surface area contributed by atoms with Gasteiger partial charge < -0.3 is 10.6 Å². The van der Waals surface area contributed by atoms with Gasteiger partial charge in [0, 0.05) is 17.6 Å². The lowest BCUT2D eigenvalue weighted by atomic mass is 10.2. The van der Waals surface area contributed by atoms with Crippen LogP contribution in [0.3, 0.4) is 0 Å². The van der Waals surface area contributed by atoms with Crippen LogP contribution in [0, 0.1) is 2.88 Å². The van der Waals surface area contributed by atoms with Crippen molar-refractivity contribution in [3.63, 3.8) is 0 Å². The van der Waals surface area contributed by atoms with Crippen LogP contribution in [-0.4, -0.2) is 13.0 Å². The van der Waals surface area contributed by atoms with Crippen LogP contribution in [0.4, 0.5) is 5.69 Å². The smallest absolute Gasteiger partial charge is 0.256 e. The van der Waals surface area contributed by atoms with Crippen molar-refractivity contribution in [2.45, 2.75) is 6.54 Å². The van der Waals surface area contributed by atoms with Gasteiger partial charge in [0.15, 0.2) is 0 Å². The van der Waals surface area contributed by atoms with Gasteiger partial charge in [0.1, 0.15) is 0 Å². The monoisotopic (exact) mass is 372 g/mol. The zero-order valence-electron chi connectivity index (χ0n) is 9.87. The van der Waals surface area contributed by atoms with E-state index in [1.165, 1.54) is 0 Å². The van der Waals surface area contributed by atoms with E-state index in [2.05, 4.69) is 33.2 Å². The highest BCUT2D eigenvalue weighted by atomic mass is 127. The number of anilines is 1. The second-order valence-corrected chi connectivity index (χ2v) is 6.63. The molecular formula is C13H13IN2OS. The Morgan fingerprint density at radius 3 is 2.89 bits per heavy atom. The SMILES string of the molecule is CNCc1cccc(NC(=O)c2csc(I)c2)c1. The lowest BCUT2D eigenvalue weighted by Gasteiger charge is -2.06. The zero-order valence-corrected chi connectivity index (χ0v) is 12.8. The number of nitrogens with one attached hydrogen (secondary N) is 2. The number of carbonyl (C=O) groups is 1. The van der Waals surface area contributed by atoms with Crippen LogP contribution < -0.4 is 10.6 Å². The molecule has 1 amide bonds. The van der Waals surface area contributed by atoms with Crippen LogP contribution in [-0.2, 0) is 6.54 Å². The number of thiophene rings is 1. The summed E-state index contributed by atoms with van der Waals surface area (Å²) in [4.78, 5) is 12.0. The van der Waals surface area contributed by atoms with Gasteiger partial charge in [-0.25, -0.2) is 0 Å². The Bertz CT molecular complexity index is 553. The minimum absolute atomic E-state index is 0.0595. The van der Waals surface area contributed by atoms with Gasteiger partial charge >= 0.3 is 0 Å². The maximum Gasteiger partial charge on any atom is 0.256 e. The summed E-state index contributed by atoms with van der Waals surface area (Å²) in [6.07, 6.45) is 0. The van der Waals surface area contributed by atoms with Crippen LogP contribution in [0.1, 0.15) is 15.9 Å². The molecule has 1 aromatic carbocycles. The van der Waals surface area contributed by atoms with E-state index >= 15 is 0 Å². The molecule has 0 spiro atoms. The number of hydrogen-bond acceptors (Lipinski definition) is 3. The highest BCUT2D eigenvalue weighted by Crippen LogP contribution is 2.18. The maximum atomic E-state index is 12.0. The molecule has 0 saturated carbocycles. The number of amides is 1. The molecule has 0 unspecified atom stereocenters. The van der Waals surface area contributed by atoms with Crippen molar-refractivity contribution in [3.05, 3.63) is 49.7 Å². The molecule has 0 aliphatic carbocycles. The standard InChI is InChI=1S/C13H13IN2OS/c1-15-7-9-3-2-4-11(5-9)16-13(17)10-6-12(14)18-8-10/h2-6,8,15H,7H2,1H3,(H,16,17). The Morgan fingerprint density at radius 2 is 2.22 bits per heavy atom. The van der Waals surface area contributed by atoms with Crippen molar-refractivity contribution in [2.75, 3.05) is 12.4 Å². The quantitative estimate of drug-likeness (QED) is 0.809. The summed E-state index contributed by atoms with van der Waals surface area (Å²) in [5.74, 6) is -0.0595. The normalized spacial score (nSPS) is 10.3. The number of benzene rings is 1. The van der Waals surface area contributed by atoms with Crippen molar-refractivity contribution in [1.29, 1.82) is 0 Å². The Balaban J connectivity index is 2.09. The first-order valence-electron chi connectivity index (χ1n) is 5.48. The van der Waals surface area contributed by atoms with Gasteiger partial charge in [0.25, 0.3) is 5.91 Å². The molecule has 0 atom stereocenters. The van der Waals surface area contributed by atoms with Crippen LogP contribution in [0.5, 0.6) is 0 Å². The van der Waals surface area contributed by atoms with Gasteiger partial charge in [-0.3, -0.25) is 4.79 Å². The number of rotatable bonds is 4. The molecule has 2 N–H and O–H groups in total. The summed E-state index contributed by atoms with van der Waals surface area (Å²) >= 11 is 3.78. The average Bonchev–Trinajstić information content (AvgIpc) is 2.77. The molecule has 18 heavy (non-hydrogen) atoms. The first-order valence-corrected chi connectivity index (χ1v) is 7.44. The highest BCUT2D eigenvalue weighted by molar-refractivity contribution is 14.1. The van der Waals surface area contributed by atoms with Crippen LogP contribution >= 0.6 is 33.9 Å². The maximum absolute atomic E-state index is 12.0. The van der Waals surface area contributed by atoms with Crippen LogP contribution in [0.25, 0.3) is 0 Å². The Kier molecular flexibility index (Phi) is 4.73. The molecule has 2 rings (SSSR count). The predicted octanol–water partition coefficient (Wildman–Crippen LogP) is 3.32. The molecule has 3 nitrogen and oxygen atoms in total. The van der Waals surface area contributed by atoms with Crippen molar-refractivity contribution in [1.82, 2.24) is 5.32 Å². The topological polar surface area (TPSA) is 41.1 Å². The van der Waals surface area contributed by atoms with Gasteiger partial charge in [-0.15, -0.1) is 11.3 Å². The van der Waals surface area contributed by atoms with Crippen molar-refractivity contribution < 1.29 is 4.79 Å². The van der Waals surface area contributed by atoms with Gasteiger partial charge in [0.2, 0.25) is 0 Å². The zero-order chi connectivity index (χ0) is 13.0. The van der Waals surface area contributed by atoms with Crippen LogP contribution in [0.15, 0.2) is 35.7 Å². The van der Waals surface area contributed by atoms with E-state index in [4.69, 9.17) is 0 Å². The van der Waals surface area contributed by atoms with Gasteiger partial charge in [-0.2, -0.15) is 0 Å². The molecule has 2 aromatic rings. The van der Waals surface area contributed by atoms with E-state index in [0.717, 1.165) is 20.7 Å². The molecule has 0 bridgehead atoms. The van der Waals surface area contributed by atoms with Gasteiger partial charge in [-0.1, -0.05) is 12.1 Å². The predicted molar refractivity (Wildman–Crippen MR) is 84.2 cm³/mol. The summed E-state index contributed by atoms with van der Waals surface area (Å²) < 4.78 is 1.11. The fourth-order valence-electron chi connectivity index (χ4n) is 1.60. The van der Waals surface area contributed by atoms with Gasteiger partial charge in [0.05, 0.1) is 8.45 Å². The average molecular weight is 372 g/mol. The first kappa shape index (κ1) is 13.5. The summed E-state index contributed by atoms with van der Waals surface area (Å²) in [6, 6.07) is 9.73. The molecule has 0 radical (unpaired) electrons. The minimum Gasteiger partial charge on any atom is -0.322 e. The highest BCUT2D eigenvalue weighted by Gasteiger charge is 2.08. The third-order valence-corrected chi connectivity index (χ3v) is 4.18. The largest absolute Gasteiger partial charge is 0.322 e. The molecule has 0 aliphatic heterocycles. The van der Waals surface area contributed by atoms with E-state index in [-0.39, 0.29) is 5.91 Å². The van der Waals surface area contributed by atoms with E-state index in [1.54, 1.807) is 11.3 Å². The Hall–Kier alpha value is -0.920. The second kappa shape index (κ2) is 6.31. The summed E-state index contributed by atoms with van der Waals surface area (Å²) in [5.41, 5.74) is 2.69. The van der Waals surface area contributed by atoms with Crippen LogP contribution in [0.2, 0.25) is 0 Å². The third kappa shape index (κ3) is 3.54. The number of carbonyl (C=O) groups excluding carboxylic acids is 1. The molecule has 5 heteroatoms. The molecule has 0 fully saturated rings. The lowest BCUT2D eigenvalue weighted by molar-refractivity contribution is 0.102. The minimum atomic E-state index is -0.0595.